The number of nitrogens with zero attached hydrogens (tertiary/aromatic N) is 1. The number of Topliss-reactive ketones (excluding diaryl/α,β-unsaturated/α-hetero) is 1. The summed E-state index contributed by atoms with van der Waals surface area (Å²) in [5.74, 6) is -1.91. The normalized spacial score (nSPS) is 19.0. The Morgan fingerprint density at radius 1 is 1.38 bits per heavy atom. The molecule has 1 aromatic carbocycles. The molecule has 0 atom stereocenters. The molecule has 0 N–H and O–H groups in total. The Bertz CT molecular complexity index is 726. The van der Waals surface area contributed by atoms with Crippen LogP contribution in [0.4, 0.5) is 4.39 Å². The Kier molecular flexibility index (Phi) is 3.53. The van der Waals surface area contributed by atoms with E-state index in [1.807, 2.05) is 0 Å². The van der Waals surface area contributed by atoms with Gasteiger partial charge in [0.15, 0.2) is 10.5 Å². The Morgan fingerprint density at radius 3 is 2.52 bits per heavy atom. The van der Waals surface area contributed by atoms with Gasteiger partial charge in [-0.25, -0.2) is 17.1 Å². The van der Waals surface area contributed by atoms with E-state index >= 15 is 0 Å². The molecule has 1 heterocycles. The van der Waals surface area contributed by atoms with Gasteiger partial charge in [-0.15, -0.1) is 0 Å². The summed E-state index contributed by atoms with van der Waals surface area (Å²) in [6.07, 6.45) is 0. The number of benzene rings is 1. The second-order valence-electron chi connectivity index (χ2n) is 5.09. The van der Waals surface area contributed by atoms with Crippen molar-refractivity contribution in [1.82, 2.24) is 4.31 Å². The smallest absolute Gasteiger partial charge is 0.259 e. The van der Waals surface area contributed by atoms with Crippen LogP contribution < -0.4 is 4.74 Å². The largest absolute Gasteiger partial charge is 0.496 e. The van der Waals surface area contributed by atoms with Gasteiger partial charge in [-0.05, 0) is 32.0 Å². The maximum atomic E-state index is 13.2. The molecule has 6 nitrogen and oxygen atoms in total. The number of carbonyl (C=O) groups is 2. The number of methoxy groups -OCH3 is 1. The monoisotopic (exact) mass is 315 g/mol. The van der Waals surface area contributed by atoms with Crippen LogP contribution in [0.5, 0.6) is 5.75 Å². The Labute approximate surface area is 121 Å². The van der Waals surface area contributed by atoms with Crippen LogP contribution in [0.3, 0.4) is 0 Å². The summed E-state index contributed by atoms with van der Waals surface area (Å²) in [6.45, 7) is 1.88. The zero-order valence-corrected chi connectivity index (χ0v) is 12.5. The third-order valence-electron chi connectivity index (χ3n) is 3.43. The van der Waals surface area contributed by atoms with E-state index in [4.69, 9.17) is 4.74 Å². The van der Waals surface area contributed by atoms with Gasteiger partial charge >= 0.3 is 0 Å². The molecule has 0 radical (unpaired) electrons. The molecule has 1 fully saturated rings. The van der Waals surface area contributed by atoms with Gasteiger partial charge in [-0.3, -0.25) is 9.59 Å². The maximum absolute atomic E-state index is 13.2. The third-order valence-corrected chi connectivity index (χ3v) is 5.77. The van der Waals surface area contributed by atoms with Crippen molar-refractivity contribution in [2.24, 2.45) is 0 Å². The molecule has 21 heavy (non-hydrogen) atoms. The van der Waals surface area contributed by atoms with Crippen LogP contribution in [-0.2, 0) is 14.8 Å². The van der Waals surface area contributed by atoms with Gasteiger partial charge in [0.1, 0.15) is 18.1 Å². The lowest BCUT2D eigenvalue weighted by Crippen LogP contribution is -2.68. The molecule has 1 aromatic rings. The highest BCUT2D eigenvalue weighted by atomic mass is 32.2. The van der Waals surface area contributed by atoms with E-state index in [9.17, 15) is 22.4 Å². The molecule has 114 valence electrons. The van der Waals surface area contributed by atoms with Crippen molar-refractivity contribution in [2.75, 3.05) is 13.7 Å². The molecule has 1 saturated heterocycles. The Hall–Kier alpha value is -1.96. The van der Waals surface area contributed by atoms with Gasteiger partial charge in [0.2, 0.25) is 0 Å². The van der Waals surface area contributed by atoms with Crippen molar-refractivity contribution in [1.29, 1.82) is 0 Å². The van der Waals surface area contributed by atoms with E-state index in [0.717, 1.165) is 12.1 Å². The average molecular weight is 315 g/mol. The first-order valence-electron chi connectivity index (χ1n) is 6.06. The van der Waals surface area contributed by atoms with Gasteiger partial charge < -0.3 is 4.74 Å². The Balaban J connectivity index is 2.29. The molecule has 2 rings (SSSR count). The number of sulfonamides is 1. The van der Waals surface area contributed by atoms with Gasteiger partial charge in [0.05, 0.1) is 12.7 Å². The summed E-state index contributed by atoms with van der Waals surface area (Å²) in [7, 11) is -2.55. The highest BCUT2D eigenvalue weighted by molar-refractivity contribution is 7.94. The van der Waals surface area contributed by atoms with Crippen LogP contribution in [0.25, 0.3) is 0 Å². The third kappa shape index (κ3) is 2.19. The number of hydrogen-bond donors (Lipinski definition) is 0. The van der Waals surface area contributed by atoms with Crippen LogP contribution in [-0.4, -0.2) is 42.8 Å². The van der Waals surface area contributed by atoms with E-state index in [-0.39, 0.29) is 11.3 Å². The molecule has 1 aliphatic rings. The molecule has 0 aromatic heterocycles. The van der Waals surface area contributed by atoms with Crippen molar-refractivity contribution in [3.8, 4) is 5.75 Å². The molecule has 0 saturated carbocycles. The summed E-state index contributed by atoms with van der Waals surface area (Å²) < 4.78 is 41.0. The van der Waals surface area contributed by atoms with Crippen LogP contribution in [0.1, 0.15) is 24.2 Å². The zero-order chi connectivity index (χ0) is 16.0. The SMILES string of the molecule is COc1ccc(F)cc1C(=O)CN1C(=O)C(C)(C)S1(=O)=O. The first-order valence-corrected chi connectivity index (χ1v) is 7.50. The minimum atomic E-state index is -3.85. The van der Waals surface area contributed by atoms with Crippen LogP contribution in [0, 0.1) is 5.82 Å². The van der Waals surface area contributed by atoms with E-state index in [1.54, 1.807) is 0 Å². The molecular formula is C13H14FNO5S. The standard InChI is InChI=1S/C13H14FNO5S/c1-13(2)12(17)15(21(13,18)19)7-10(16)9-6-8(14)4-5-11(9)20-3/h4-6H,7H2,1-3H3. The van der Waals surface area contributed by atoms with Crippen molar-refractivity contribution >= 4 is 21.7 Å². The van der Waals surface area contributed by atoms with E-state index in [2.05, 4.69) is 0 Å². The summed E-state index contributed by atoms with van der Waals surface area (Å²) in [5.41, 5.74) is -0.106. The van der Waals surface area contributed by atoms with E-state index in [0.29, 0.717) is 4.31 Å². The van der Waals surface area contributed by atoms with Crippen molar-refractivity contribution < 1.29 is 27.1 Å². The lowest BCUT2D eigenvalue weighted by atomic mass is 10.1. The van der Waals surface area contributed by atoms with Crippen LogP contribution in [0.2, 0.25) is 0 Å². The second kappa shape index (κ2) is 4.80. The first-order chi connectivity index (χ1) is 9.62. The van der Waals surface area contributed by atoms with E-state index in [1.165, 1.54) is 27.0 Å². The molecule has 0 aliphatic carbocycles. The molecule has 0 bridgehead atoms. The fourth-order valence-electron chi connectivity index (χ4n) is 2.03. The lowest BCUT2D eigenvalue weighted by Gasteiger charge is -2.42. The zero-order valence-electron chi connectivity index (χ0n) is 11.7. The lowest BCUT2D eigenvalue weighted by molar-refractivity contribution is -0.131. The minimum absolute atomic E-state index is 0.106. The molecule has 8 heteroatoms. The van der Waals surface area contributed by atoms with Gasteiger partial charge in [0.25, 0.3) is 15.9 Å². The summed E-state index contributed by atoms with van der Waals surface area (Å²) in [4.78, 5) is 23.9. The highest BCUT2D eigenvalue weighted by Gasteiger charge is 2.60. The number of hydrogen-bond acceptors (Lipinski definition) is 5. The number of carbonyl (C=O) groups excluding carboxylic acids is 2. The fourth-order valence-corrected chi connectivity index (χ4v) is 3.51. The van der Waals surface area contributed by atoms with E-state index < -0.39 is 38.8 Å². The number of ketones is 1. The van der Waals surface area contributed by atoms with Crippen molar-refractivity contribution in [3.05, 3.63) is 29.6 Å². The van der Waals surface area contributed by atoms with Crippen molar-refractivity contribution in [2.45, 2.75) is 18.6 Å². The fraction of sp³-hybridized carbons (Fsp3) is 0.385. The molecular weight excluding hydrogens is 301 g/mol. The Morgan fingerprint density at radius 2 is 2.00 bits per heavy atom. The first kappa shape index (κ1) is 15.4. The molecule has 1 amide bonds. The predicted octanol–water partition coefficient (Wildman–Crippen LogP) is 0.968. The second-order valence-corrected chi connectivity index (χ2v) is 7.51. The van der Waals surface area contributed by atoms with Gasteiger partial charge in [-0.2, -0.15) is 0 Å². The number of ether oxygens (including phenoxy) is 1. The quantitative estimate of drug-likeness (QED) is 0.773. The van der Waals surface area contributed by atoms with Crippen LogP contribution >= 0.6 is 0 Å². The number of amides is 1. The summed E-state index contributed by atoms with van der Waals surface area (Å²) >= 11 is 0. The summed E-state index contributed by atoms with van der Waals surface area (Å²) in [5, 5.41) is 0. The topological polar surface area (TPSA) is 80.8 Å². The van der Waals surface area contributed by atoms with Gasteiger partial charge in [-0.1, -0.05) is 0 Å². The highest BCUT2D eigenvalue weighted by Crippen LogP contribution is 2.35. The molecule has 1 aliphatic heterocycles. The summed E-state index contributed by atoms with van der Waals surface area (Å²) in [6, 6.07) is 3.33. The van der Waals surface area contributed by atoms with Crippen molar-refractivity contribution in [3.63, 3.8) is 0 Å². The van der Waals surface area contributed by atoms with Gasteiger partial charge in [0, 0.05) is 0 Å². The molecule has 0 spiro atoms. The average Bonchev–Trinajstić information content (AvgIpc) is 2.43. The number of rotatable bonds is 4. The number of halogens is 1. The van der Waals surface area contributed by atoms with Crippen LogP contribution in [0.15, 0.2) is 18.2 Å². The minimum Gasteiger partial charge on any atom is -0.496 e. The predicted molar refractivity (Wildman–Crippen MR) is 72.0 cm³/mol. The maximum Gasteiger partial charge on any atom is 0.259 e. The molecule has 0 unspecified atom stereocenters.